The highest BCUT2D eigenvalue weighted by atomic mass is 35.5. The summed E-state index contributed by atoms with van der Waals surface area (Å²) in [5.41, 5.74) is 5.35. The van der Waals surface area contributed by atoms with Crippen molar-refractivity contribution in [1.29, 1.82) is 0 Å². The smallest absolute Gasteiger partial charge is 0.271 e. The van der Waals surface area contributed by atoms with E-state index in [0.29, 0.717) is 10.6 Å². The van der Waals surface area contributed by atoms with Crippen LogP contribution in [-0.4, -0.2) is 21.9 Å². The lowest BCUT2D eigenvalue weighted by molar-refractivity contribution is 0.0934. The quantitative estimate of drug-likeness (QED) is 0.559. The van der Waals surface area contributed by atoms with E-state index < -0.39 is 11.8 Å². The molecule has 2 rings (SSSR count). The van der Waals surface area contributed by atoms with Crippen LogP contribution >= 0.6 is 35.4 Å². The minimum absolute atomic E-state index is 0.0646. The summed E-state index contributed by atoms with van der Waals surface area (Å²) < 4.78 is 0. The second kappa shape index (κ2) is 7.87. The van der Waals surface area contributed by atoms with E-state index >= 15 is 0 Å². The molecule has 0 aliphatic rings. The van der Waals surface area contributed by atoms with E-state index in [9.17, 15) is 9.59 Å². The molecular weight excluding hydrogens is 359 g/mol. The Labute approximate surface area is 147 Å². The van der Waals surface area contributed by atoms with Gasteiger partial charge in [-0.05, 0) is 42.5 Å². The van der Waals surface area contributed by atoms with Crippen LogP contribution in [0.2, 0.25) is 10.0 Å². The van der Waals surface area contributed by atoms with Gasteiger partial charge in [0.25, 0.3) is 11.8 Å². The van der Waals surface area contributed by atoms with E-state index in [0.717, 1.165) is 0 Å². The van der Waals surface area contributed by atoms with E-state index in [1.165, 1.54) is 42.7 Å². The molecule has 0 atom stereocenters. The van der Waals surface area contributed by atoms with Gasteiger partial charge in [0.2, 0.25) is 0 Å². The molecule has 3 N–H and O–H groups in total. The Morgan fingerprint density at radius 1 is 1.00 bits per heavy atom. The third-order valence-electron chi connectivity index (χ3n) is 2.63. The van der Waals surface area contributed by atoms with Crippen LogP contribution in [0.4, 0.5) is 0 Å². The van der Waals surface area contributed by atoms with Gasteiger partial charge in [0, 0.05) is 23.0 Å². The van der Waals surface area contributed by atoms with Crippen molar-refractivity contribution in [2.75, 3.05) is 0 Å². The van der Waals surface area contributed by atoms with Crippen LogP contribution in [0.5, 0.6) is 0 Å². The van der Waals surface area contributed by atoms with Gasteiger partial charge in [0.15, 0.2) is 5.11 Å². The number of benzene rings is 1. The summed E-state index contributed by atoms with van der Waals surface area (Å²) in [5.74, 6) is -0.948. The first-order chi connectivity index (χ1) is 11.0. The predicted octanol–water partition coefficient (Wildman–Crippen LogP) is 2.34. The Kier molecular flexibility index (Phi) is 5.86. The van der Waals surface area contributed by atoms with Gasteiger partial charge in [0.1, 0.15) is 0 Å². The number of nitrogens with zero attached hydrogens (tertiary/aromatic N) is 1. The molecule has 23 heavy (non-hydrogen) atoms. The van der Waals surface area contributed by atoms with Crippen molar-refractivity contribution in [3.05, 3.63) is 63.9 Å². The van der Waals surface area contributed by atoms with Gasteiger partial charge < -0.3 is 0 Å². The Bertz CT molecular complexity index is 756. The van der Waals surface area contributed by atoms with Crippen LogP contribution in [-0.2, 0) is 0 Å². The molecule has 0 saturated carbocycles. The van der Waals surface area contributed by atoms with E-state index in [2.05, 4.69) is 21.2 Å². The molecule has 2 aromatic rings. The summed E-state index contributed by atoms with van der Waals surface area (Å²) in [7, 11) is 0. The van der Waals surface area contributed by atoms with Gasteiger partial charge in [-0.25, -0.2) is 0 Å². The number of hydrogen-bond donors (Lipinski definition) is 3. The Hall–Kier alpha value is -2.22. The molecule has 0 aliphatic heterocycles. The molecule has 1 aromatic carbocycles. The first-order valence-electron chi connectivity index (χ1n) is 6.24. The Morgan fingerprint density at radius 3 is 2.35 bits per heavy atom. The number of hydrogen-bond acceptors (Lipinski definition) is 4. The summed E-state index contributed by atoms with van der Waals surface area (Å²) in [6, 6.07) is 7.52. The molecule has 0 fully saturated rings. The molecule has 0 saturated heterocycles. The number of carbonyl (C=O) groups excluding carboxylic acids is 2. The van der Waals surface area contributed by atoms with Gasteiger partial charge in [0.05, 0.1) is 10.6 Å². The van der Waals surface area contributed by atoms with Crippen LogP contribution in [0, 0.1) is 0 Å². The van der Waals surface area contributed by atoms with E-state index in [4.69, 9.17) is 35.4 Å². The molecule has 0 unspecified atom stereocenters. The van der Waals surface area contributed by atoms with Crippen LogP contribution < -0.4 is 16.2 Å². The van der Waals surface area contributed by atoms with Gasteiger partial charge >= 0.3 is 0 Å². The number of aromatic nitrogens is 1. The van der Waals surface area contributed by atoms with Crippen molar-refractivity contribution < 1.29 is 9.59 Å². The molecular formula is C14H10Cl2N4O2S. The average Bonchev–Trinajstić information content (AvgIpc) is 2.53. The van der Waals surface area contributed by atoms with Crippen molar-refractivity contribution in [3.8, 4) is 0 Å². The second-order valence-electron chi connectivity index (χ2n) is 4.22. The number of hydrazine groups is 1. The molecule has 0 radical (unpaired) electrons. The molecule has 0 spiro atoms. The molecule has 0 bridgehead atoms. The maximum absolute atomic E-state index is 12.0. The fourth-order valence-corrected chi connectivity index (χ4v) is 2.20. The highest BCUT2D eigenvalue weighted by Gasteiger charge is 2.12. The molecule has 1 heterocycles. The second-order valence-corrected chi connectivity index (χ2v) is 5.47. The maximum atomic E-state index is 12.0. The number of pyridine rings is 1. The third-order valence-corrected chi connectivity index (χ3v) is 3.39. The molecule has 118 valence electrons. The average molecular weight is 369 g/mol. The summed E-state index contributed by atoms with van der Waals surface area (Å²) in [6.07, 6.45) is 2.96. The third kappa shape index (κ3) is 4.88. The number of carbonyl (C=O) groups is 2. The monoisotopic (exact) mass is 368 g/mol. The largest absolute Gasteiger partial charge is 0.298 e. The summed E-state index contributed by atoms with van der Waals surface area (Å²) >= 11 is 16.6. The Balaban J connectivity index is 1.89. The standard InChI is InChI=1S/C14H10Cl2N4O2S/c15-9-1-2-10(11(16)7-9)13(22)19-20-14(23)18-12(21)8-3-5-17-6-4-8/h1-7H,(H,19,22)(H2,18,20,21,23). The number of halogens is 2. The summed E-state index contributed by atoms with van der Waals surface area (Å²) in [6.45, 7) is 0. The topological polar surface area (TPSA) is 83.1 Å². The number of thiocarbonyl (C=S) groups is 1. The van der Waals surface area contributed by atoms with Crippen LogP contribution in [0.3, 0.4) is 0 Å². The normalized spacial score (nSPS) is 9.83. The first-order valence-corrected chi connectivity index (χ1v) is 7.40. The molecule has 9 heteroatoms. The SMILES string of the molecule is O=C(NC(=S)NNC(=O)c1ccc(Cl)cc1Cl)c1ccncc1. The minimum Gasteiger partial charge on any atom is -0.298 e. The lowest BCUT2D eigenvalue weighted by Gasteiger charge is -2.11. The lowest BCUT2D eigenvalue weighted by Crippen LogP contribution is -2.48. The van der Waals surface area contributed by atoms with Gasteiger partial charge in [-0.15, -0.1) is 0 Å². The highest BCUT2D eigenvalue weighted by molar-refractivity contribution is 7.80. The van der Waals surface area contributed by atoms with Crippen molar-refractivity contribution in [3.63, 3.8) is 0 Å². The van der Waals surface area contributed by atoms with Crippen molar-refractivity contribution in [2.24, 2.45) is 0 Å². The fraction of sp³-hybridized carbons (Fsp3) is 0. The number of rotatable bonds is 2. The van der Waals surface area contributed by atoms with Crippen molar-refractivity contribution >= 4 is 52.3 Å². The van der Waals surface area contributed by atoms with E-state index in [1.54, 1.807) is 0 Å². The molecule has 6 nitrogen and oxygen atoms in total. The molecule has 2 amide bonds. The van der Waals surface area contributed by atoms with Crippen LogP contribution in [0.1, 0.15) is 20.7 Å². The van der Waals surface area contributed by atoms with Gasteiger partial charge in [-0.2, -0.15) is 0 Å². The number of nitrogens with one attached hydrogen (secondary N) is 3. The van der Waals surface area contributed by atoms with E-state index in [1.807, 2.05) is 0 Å². The fourth-order valence-electron chi connectivity index (χ4n) is 1.56. The number of amides is 2. The minimum atomic E-state index is -0.521. The van der Waals surface area contributed by atoms with Crippen LogP contribution in [0.15, 0.2) is 42.7 Å². The van der Waals surface area contributed by atoms with Gasteiger partial charge in [-0.1, -0.05) is 23.2 Å². The van der Waals surface area contributed by atoms with Crippen LogP contribution in [0.25, 0.3) is 0 Å². The summed E-state index contributed by atoms with van der Waals surface area (Å²) in [5, 5.41) is 2.96. The Morgan fingerprint density at radius 2 is 1.70 bits per heavy atom. The first kappa shape index (κ1) is 17.1. The molecule has 0 aliphatic carbocycles. The zero-order valence-electron chi connectivity index (χ0n) is 11.5. The summed E-state index contributed by atoms with van der Waals surface area (Å²) in [4.78, 5) is 27.6. The van der Waals surface area contributed by atoms with Gasteiger partial charge in [-0.3, -0.25) is 30.7 Å². The lowest BCUT2D eigenvalue weighted by atomic mass is 10.2. The van der Waals surface area contributed by atoms with Crippen molar-refractivity contribution in [1.82, 2.24) is 21.2 Å². The van der Waals surface area contributed by atoms with E-state index in [-0.39, 0.29) is 15.7 Å². The zero-order valence-corrected chi connectivity index (χ0v) is 13.8. The predicted molar refractivity (Wildman–Crippen MR) is 91.4 cm³/mol. The maximum Gasteiger partial charge on any atom is 0.271 e. The highest BCUT2D eigenvalue weighted by Crippen LogP contribution is 2.20. The molecule has 1 aromatic heterocycles. The van der Waals surface area contributed by atoms with Crippen molar-refractivity contribution in [2.45, 2.75) is 0 Å². The zero-order chi connectivity index (χ0) is 16.8.